The van der Waals surface area contributed by atoms with Crippen LogP contribution in [0.3, 0.4) is 0 Å². The van der Waals surface area contributed by atoms with E-state index in [4.69, 9.17) is 16.3 Å². The van der Waals surface area contributed by atoms with Gasteiger partial charge in [-0.3, -0.25) is 4.79 Å². The smallest absolute Gasteiger partial charge is 0.238 e. The first kappa shape index (κ1) is 15.8. The Balaban J connectivity index is 3.02. The number of carbonyl (C=O) groups is 1. The number of alkyl halides is 1. The Labute approximate surface area is 128 Å². The molecule has 1 amide bonds. The molecule has 1 rings (SSSR count). The molecule has 3 nitrogen and oxygen atoms in total. The van der Waals surface area contributed by atoms with Crippen LogP contribution in [0.5, 0.6) is 5.75 Å². The van der Waals surface area contributed by atoms with Crippen LogP contribution in [0, 0.1) is 0 Å². The van der Waals surface area contributed by atoms with Gasteiger partial charge in [0.1, 0.15) is 0 Å². The number of ether oxygens (including phenoxy) is 1. The van der Waals surface area contributed by atoms with E-state index in [0.29, 0.717) is 29.5 Å². The molecule has 1 N–H and O–H groups in total. The first-order valence-electron chi connectivity index (χ1n) is 5.56. The number of hydrogen-bond acceptors (Lipinski definition) is 2. The van der Waals surface area contributed by atoms with Crippen LogP contribution in [0.15, 0.2) is 16.6 Å². The first-order valence-corrected chi connectivity index (χ1v) is 7.65. The Bertz CT molecular complexity index is 440. The largest absolute Gasteiger partial charge is 0.491 e. The number of hydrogen-bond donors (Lipinski definition) is 1. The van der Waals surface area contributed by atoms with Gasteiger partial charge in [-0.25, -0.2) is 0 Å². The predicted octanol–water partition coefficient (Wildman–Crippen LogP) is 4.61. The molecule has 1 aromatic carbocycles. The van der Waals surface area contributed by atoms with Gasteiger partial charge >= 0.3 is 0 Å². The van der Waals surface area contributed by atoms with Crippen LogP contribution in [0.2, 0.25) is 5.02 Å². The molecule has 0 heterocycles. The van der Waals surface area contributed by atoms with Crippen LogP contribution in [-0.2, 0) is 4.79 Å². The van der Waals surface area contributed by atoms with Crippen molar-refractivity contribution in [2.24, 2.45) is 0 Å². The van der Waals surface area contributed by atoms with Crippen LogP contribution < -0.4 is 10.1 Å². The molecule has 1 atom stereocenters. The fourth-order valence-corrected chi connectivity index (χ4v) is 2.38. The van der Waals surface area contributed by atoms with Crippen molar-refractivity contribution in [2.75, 3.05) is 11.9 Å². The van der Waals surface area contributed by atoms with E-state index in [0.717, 1.165) is 4.47 Å². The zero-order chi connectivity index (χ0) is 13.7. The van der Waals surface area contributed by atoms with E-state index in [2.05, 4.69) is 37.2 Å². The molecular formula is C12H14Br2ClNO2. The summed E-state index contributed by atoms with van der Waals surface area (Å²) in [6.45, 7) is 4.32. The van der Waals surface area contributed by atoms with E-state index in [9.17, 15) is 4.79 Å². The molecule has 1 aromatic rings. The molecule has 0 radical (unpaired) electrons. The highest BCUT2D eigenvalue weighted by molar-refractivity contribution is 9.10. The van der Waals surface area contributed by atoms with Crippen molar-refractivity contribution in [1.82, 2.24) is 0 Å². The molecule has 0 aliphatic carbocycles. The van der Waals surface area contributed by atoms with Crippen molar-refractivity contribution < 1.29 is 9.53 Å². The molecule has 6 heteroatoms. The van der Waals surface area contributed by atoms with Crippen LogP contribution in [-0.4, -0.2) is 17.3 Å². The van der Waals surface area contributed by atoms with Gasteiger partial charge in [0.25, 0.3) is 0 Å². The standard InChI is InChI=1S/C12H14Br2ClNO2/c1-3-8(13)12(17)16-10-6-7(15)5-9(14)11(10)18-4-2/h5-6,8H,3-4H2,1-2H3,(H,16,17). The summed E-state index contributed by atoms with van der Waals surface area (Å²) in [5.74, 6) is 0.471. The van der Waals surface area contributed by atoms with Gasteiger partial charge < -0.3 is 10.1 Å². The van der Waals surface area contributed by atoms with Gasteiger partial charge in [0, 0.05) is 5.02 Å². The van der Waals surface area contributed by atoms with E-state index < -0.39 is 0 Å². The summed E-state index contributed by atoms with van der Waals surface area (Å²) in [7, 11) is 0. The van der Waals surface area contributed by atoms with Crippen molar-refractivity contribution in [3.8, 4) is 5.75 Å². The lowest BCUT2D eigenvalue weighted by molar-refractivity contribution is -0.115. The van der Waals surface area contributed by atoms with Gasteiger partial charge in [0.15, 0.2) is 5.75 Å². The highest BCUT2D eigenvalue weighted by Crippen LogP contribution is 2.36. The van der Waals surface area contributed by atoms with Crippen molar-refractivity contribution >= 4 is 55.1 Å². The molecule has 0 spiro atoms. The summed E-state index contributed by atoms with van der Waals surface area (Å²) in [6.07, 6.45) is 0.706. The number of carbonyl (C=O) groups excluding carboxylic acids is 1. The van der Waals surface area contributed by atoms with Crippen molar-refractivity contribution in [2.45, 2.75) is 25.1 Å². The Kier molecular flexibility index (Phi) is 6.46. The van der Waals surface area contributed by atoms with E-state index in [1.807, 2.05) is 13.8 Å². The molecule has 0 aliphatic heterocycles. The minimum absolute atomic E-state index is 0.118. The zero-order valence-corrected chi connectivity index (χ0v) is 14.0. The third-order valence-corrected chi connectivity index (χ3v) is 4.07. The van der Waals surface area contributed by atoms with Crippen LogP contribution in [0.4, 0.5) is 5.69 Å². The number of nitrogens with one attached hydrogen (secondary N) is 1. The third kappa shape index (κ3) is 4.14. The summed E-state index contributed by atoms with van der Waals surface area (Å²) < 4.78 is 6.22. The lowest BCUT2D eigenvalue weighted by atomic mass is 10.2. The Morgan fingerprint density at radius 2 is 2.17 bits per heavy atom. The van der Waals surface area contributed by atoms with E-state index >= 15 is 0 Å². The number of anilines is 1. The van der Waals surface area contributed by atoms with Crippen LogP contribution in [0.25, 0.3) is 0 Å². The van der Waals surface area contributed by atoms with Crippen molar-refractivity contribution in [1.29, 1.82) is 0 Å². The molecule has 0 bridgehead atoms. The summed E-state index contributed by atoms with van der Waals surface area (Å²) in [6, 6.07) is 3.40. The Hall–Kier alpha value is -0.260. The second-order valence-electron chi connectivity index (χ2n) is 3.56. The van der Waals surface area contributed by atoms with E-state index in [1.165, 1.54) is 0 Å². The minimum Gasteiger partial charge on any atom is -0.491 e. The SMILES string of the molecule is CCOc1c(Br)cc(Cl)cc1NC(=O)C(Br)CC. The Morgan fingerprint density at radius 3 is 2.72 bits per heavy atom. The predicted molar refractivity (Wildman–Crippen MR) is 82.0 cm³/mol. The first-order chi connectivity index (χ1) is 8.49. The maximum absolute atomic E-state index is 11.9. The number of amides is 1. The number of rotatable bonds is 5. The topological polar surface area (TPSA) is 38.3 Å². The van der Waals surface area contributed by atoms with Gasteiger partial charge in [0.05, 0.1) is 21.6 Å². The molecular weight excluding hydrogens is 385 g/mol. The lowest BCUT2D eigenvalue weighted by Crippen LogP contribution is -2.22. The molecule has 0 fully saturated rings. The van der Waals surface area contributed by atoms with Gasteiger partial charge in [-0.2, -0.15) is 0 Å². The quantitative estimate of drug-likeness (QED) is 0.734. The summed E-state index contributed by atoms with van der Waals surface area (Å²) in [4.78, 5) is 11.6. The van der Waals surface area contributed by atoms with Gasteiger partial charge in [0.2, 0.25) is 5.91 Å². The van der Waals surface area contributed by atoms with Crippen LogP contribution in [0.1, 0.15) is 20.3 Å². The normalized spacial score (nSPS) is 12.1. The van der Waals surface area contributed by atoms with Gasteiger partial charge in [-0.1, -0.05) is 34.5 Å². The third-order valence-electron chi connectivity index (χ3n) is 2.20. The Morgan fingerprint density at radius 1 is 1.50 bits per heavy atom. The van der Waals surface area contributed by atoms with Gasteiger partial charge in [-0.15, -0.1) is 0 Å². The number of benzene rings is 1. The van der Waals surface area contributed by atoms with Crippen LogP contribution >= 0.6 is 43.5 Å². The second kappa shape index (κ2) is 7.36. The fraction of sp³-hybridized carbons (Fsp3) is 0.417. The summed E-state index contributed by atoms with van der Waals surface area (Å²) in [5.41, 5.74) is 0.569. The van der Waals surface area contributed by atoms with E-state index in [-0.39, 0.29) is 10.7 Å². The average Bonchev–Trinajstić information content (AvgIpc) is 2.32. The number of halogens is 3. The summed E-state index contributed by atoms with van der Waals surface area (Å²) in [5, 5.41) is 3.33. The van der Waals surface area contributed by atoms with Crippen molar-refractivity contribution in [3.63, 3.8) is 0 Å². The van der Waals surface area contributed by atoms with Gasteiger partial charge in [-0.05, 0) is 41.4 Å². The minimum atomic E-state index is -0.232. The molecule has 18 heavy (non-hydrogen) atoms. The molecule has 0 saturated heterocycles. The monoisotopic (exact) mass is 397 g/mol. The van der Waals surface area contributed by atoms with E-state index in [1.54, 1.807) is 12.1 Å². The highest BCUT2D eigenvalue weighted by Gasteiger charge is 2.17. The molecule has 100 valence electrons. The molecule has 0 aliphatic rings. The highest BCUT2D eigenvalue weighted by atomic mass is 79.9. The molecule has 1 unspecified atom stereocenters. The second-order valence-corrected chi connectivity index (χ2v) is 5.96. The lowest BCUT2D eigenvalue weighted by Gasteiger charge is -2.15. The molecule has 0 saturated carbocycles. The molecule has 0 aromatic heterocycles. The average molecular weight is 400 g/mol. The maximum Gasteiger partial charge on any atom is 0.238 e. The maximum atomic E-state index is 11.9. The summed E-state index contributed by atoms with van der Waals surface area (Å²) >= 11 is 12.6. The zero-order valence-electron chi connectivity index (χ0n) is 10.1. The van der Waals surface area contributed by atoms with Crippen molar-refractivity contribution in [3.05, 3.63) is 21.6 Å². The fourth-order valence-electron chi connectivity index (χ4n) is 1.34.